The molecule has 1 aliphatic rings. The summed E-state index contributed by atoms with van der Waals surface area (Å²) in [5, 5.41) is 10.2. The molecule has 0 radical (unpaired) electrons. The minimum absolute atomic E-state index is 0.223. The van der Waals surface area contributed by atoms with E-state index in [2.05, 4.69) is 33.8 Å². The number of hydrogen-bond acceptors (Lipinski definition) is 4. The fraction of sp³-hybridized carbons (Fsp3) is 0.625. The molecule has 2 atom stereocenters. The Kier molecular flexibility index (Phi) is 5.90. The zero-order valence-corrected chi connectivity index (χ0v) is 14.5. The van der Waals surface area contributed by atoms with E-state index in [1.54, 1.807) is 14.2 Å². The van der Waals surface area contributed by atoms with E-state index >= 15 is 0 Å². The van der Waals surface area contributed by atoms with Crippen molar-refractivity contribution in [2.45, 2.75) is 25.9 Å². The van der Waals surface area contributed by atoms with Gasteiger partial charge in [-0.05, 0) is 53.0 Å². The van der Waals surface area contributed by atoms with Crippen LogP contribution in [0, 0.1) is 5.92 Å². The highest BCUT2D eigenvalue weighted by Crippen LogP contribution is 2.37. The van der Waals surface area contributed by atoms with Crippen molar-refractivity contribution < 1.29 is 14.6 Å². The normalized spacial score (nSPS) is 23.1. The lowest BCUT2D eigenvalue weighted by atomic mass is 9.88. The molecule has 2 unspecified atom stereocenters. The number of aliphatic hydroxyl groups excluding tert-OH is 1. The van der Waals surface area contributed by atoms with E-state index < -0.39 is 0 Å². The summed E-state index contributed by atoms with van der Waals surface area (Å²) >= 11 is 3.53. The maximum absolute atomic E-state index is 10.2. The number of piperidine rings is 1. The molecule has 0 saturated carbocycles. The molecular weight excluding hydrogens is 334 g/mol. The standard InChI is InChI=1S/C16H24BrNO3/c1-4-18-6-5-14(19)12(10-18)7-11-8-13(17)16(21-3)15(9-11)20-2/h8-9,12,14,19H,4-7,10H2,1-3H3. The van der Waals surface area contributed by atoms with E-state index in [1.807, 2.05) is 6.07 Å². The SMILES string of the molecule is CCN1CCC(O)C(Cc2cc(Br)c(OC)c(OC)c2)C1. The largest absolute Gasteiger partial charge is 0.493 e. The van der Waals surface area contributed by atoms with Crippen LogP contribution in [0.3, 0.4) is 0 Å². The first-order valence-electron chi connectivity index (χ1n) is 7.39. The van der Waals surface area contributed by atoms with Gasteiger partial charge in [0.05, 0.1) is 24.8 Å². The van der Waals surface area contributed by atoms with Gasteiger partial charge in [-0.25, -0.2) is 0 Å². The van der Waals surface area contributed by atoms with E-state index in [9.17, 15) is 5.11 Å². The van der Waals surface area contributed by atoms with Crippen LogP contribution in [-0.4, -0.2) is 50.0 Å². The van der Waals surface area contributed by atoms with Crippen LogP contribution in [0.2, 0.25) is 0 Å². The van der Waals surface area contributed by atoms with Crippen molar-refractivity contribution in [3.05, 3.63) is 22.2 Å². The summed E-state index contributed by atoms with van der Waals surface area (Å²) in [5.74, 6) is 1.70. The fourth-order valence-corrected chi connectivity index (χ4v) is 3.63. The van der Waals surface area contributed by atoms with Crippen molar-refractivity contribution in [1.29, 1.82) is 0 Å². The third-order valence-corrected chi connectivity index (χ3v) is 4.81. The highest BCUT2D eigenvalue weighted by Gasteiger charge is 2.27. The van der Waals surface area contributed by atoms with Crippen LogP contribution in [0.4, 0.5) is 0 Å². The predicted octanol–water partition coefficient (Wildman–Crippen LogP) is 2.71. The van der Waals surface area contributed by atoms with Gasteiger partial charge in [-0.3, -0.25) is 0 Å². The van der Waals surface area contributed by atoms with E-state index in [-0.39, 0.29) is 12.0 Å². The van der Waals surface area contributed by atoms with Gasteiger partial charge in [0.15, 0.2) is 11.5 Å². The van der Waals surface area contributed by atoms with Gasteiger partial charge in [-0.1, -0.05) is 6.92 Å². The van der Waals surface area contributed by atoms with Crippen molar-refractivity contribution >= 4 is 15.9 Å². The van der Waals surface area contributed by atoms with Crippen molar-refractivity contribution in [1.82, 2.24) is 4.90 Å². The van der Waals surface area contributed by atoms with Crippen LogP contribution in [0.15, 0.2) is 16.6 Å². The Balaban J connectivity index is 2.16. The Morgan fingerprint density at radius 3 is 2.71 bits per heavy atom. The zero-order valence-electron chi connectivity index (χ0n) is 12.9. The molecule has 0 aromatic heterocycles. The van der Waals surface area contributed by atoms with Crippen molar-refractivity contribution in [3.63, 3.8) is 0 Å². The van der Waals surface area contributed by atoms with Gasteiger partial charge >= 0.3 is 0 Å². The minimum Gasteiger partial charge on any atom is -0.493 e. The molecular formula is C16H24BrNO3. The van der Waals surface area contributed by atoms with Gasteiger partial charge in [0.2, 0.25) is 0 Å². The van der Waals surface area contributed by atoms with Crippen molar-refractivity contribution in [2.24, 2.45) is 5.92 Å². The number of nitrogens with zero attached hydrogens (tertiary/aromatic N) is 1. The Morgan fingerprint density at radius 1 is 1.33 bits per heavy atom. The molecule has 0 bridgehead atoms. The number of rotatable bonds is 5. The molecule has 21 heavy (non-hydrogen) atoms. The number of methoxy groups -OCH3 is 2. The second kappa shape index (κ2) is 7.47. The maximum atomic E-state index is 10.2. The Bertz CT molecular complexity index is 481. The van der Waals surface area contributed by atoms with Crippen LogP contribution in [0.1, 0.15) is 18.9 Å². The quantitative estimate of drug-likeness (QED) is 0.879. The lowest BCUT2D eigenvalue weighted by Gasteiger charge is -2.35. The van der Waals surface area contributed by atoms with Gasteiger partial charge in [-0.2, -0.15) is 0 Å². The molecule has 0 aliphatic carbocycles. The van der Waals surface area contributed by atoms with E-state index in [4.69, 9.17) is 9.47 Å². The average molecular weight is 358 g/mol. The number of hydrogen-bond donors (Lipinski definition) is 1. The third kappa shape index (κ3) is 3.90. The maximum Gasteiger partial charge on any atom is 0.174 e. The summed E-state index contributed by atoms with van der Waals surface area (Å²) in [4.78, 5) is 2.40. The molecule has 118 valence electrons. The zero-order chi connectivity index (χ0) is 15.4. The number of aliphatic hydroxyl groups is 1. The molecule has 1 heterocycles. The highest BCUT2D eigenvalue weighted by molar-refractivity contribution is 9.10. The van der Waals surface area contributed by atoms with Crippen LogP contribution >= 0.6 is 15.9 Å². The van der Waals surface area contributed by atoms with E-state index in [0.717, 1.165) is 48.3 Å². The van der Waals surface area contributed by atoms with E-state index in [1.165, 1.54) is 0 Å². The molecule has 0 spiro atoms. The second-order valence-corrected chi connectivity index (χ2v) is 6.38. The number of likely N-dealkylation sites (tertiary alicyclic amines) is 1. The third-order valence-electron chi connectivity index (χ3n) is 4.22. The molecule has 1 aliphatic heterocycles. The summed E-state index contributed by atoms with van der Waals surface area (Å²) in [5.41, 5.74) is 1.15. The summed E-state index contributed by atoms with van der Waals surface area (Å²) in [6.07, 6.45) is 1.48. The van der Waals surface area contributed by atoms with Gasteiger partial charge in [-0.15, -0.1) is 0 Å². The number of halogens is 1. The van der Waals surface area contributed by atoms with Gasteiger partial charge < -0.3 is 19.5 Å². The average Bonchev–Trinajstić information content (AvgIpc) is 2.48. The smallest absolute Gasteiger partial charge is 0.174 e. The van der Waals surface area contributed by atoms with Gasteiger partial charge in [0, 0.05) is 19.0 Å². The minimum atomic E-state index is -0.223. The summed E-state index contributed by atoms with van der Waals surface area (Å²) in [7, 11) is 3.27. The molecule has 1 fully saturated rings. The molecule has 1 N–H and O–H groups in total. The lowest BCUT2D eigenvalue weighted by molar-refractivity contribution is 0.0290. The molecule has 1 aromatic rings. The molecule has 4 nitrogen and oxygen atoms in total. The molecule has 5 heteroatoms. The lowest BCUT2D eigenvalue weighted by Crippen LogP contribution is -2.43. The second-order valence-electron chi connectivity index (χ2n) is 5.53. The first-order valence-corrected chi connectivity index (χ1v) is 8.19. The van der Waals surface area contributed by atoms with Crippen LogP contribution in [0.25, 0.3) is 0 Å². The Morgan fingerprint density at radius 2 is 2.10 bits per heavy atom. The molecule has 1 saturated heterocycles. The Labute approximate surface area is 135 Å². The highest BCUT2D eigenvalue weighted by atomic mass is 79.9. The number of ether oxygens (including phenoxy) is 2. The van der Waals surface area contributed by atoms with Crippen LogP contribution in [0.5, 0.6) is 11.5 Å². The first-order chi connectivity index (χ1) is 10.1. The fourth-order valence-electron chi connectivity index (χ4n) is 2.97. The van der Waals surface area contributed by atoms with E-state index in [0.29, 0.717) is 5.75 Å². The summed E-state index contributed by atoms with van der Waals surface area (Å²) < 4.78 is 11.6. The van der Waals surface area contributed by atoms with Gasteiger partial charge in [0.1, 0.15) is 0 Å². The van der Waals surface area contributed by atoms with Crippen molar-refractivity contribution in [2.75, 3.05) is 33.9 Å². The van der Waals surface area contributed by atoms with Crippen molar-refractivity contribution in [3.8, 4) is 11.5 Å². The monoisotopic (exact) mass is 357 g/mol. The first kappa shape index (κ1) is 16.6. The predicted molar refractivity (Wildman–Crippen MR) is 87.2 cm³/mol. The van der Waals surface area contributed by atoms with Crippen LogP contribution in [-0.2, 0) is 6.42 Å². The summed E-state index contributed by atoms with van der Waals surface area (Å²) in [6, 6.07) is 4.06. The molecule has 0 amide bonds. The molecule has 2 rings (SSSR count). The molecule has 1 aromatic carbocycles. The van der Waals surface area contributed by atoms with Crippen LogP contribution < -0.4 is 9.47 Å². The summed E-state index contributed by atoms with van der Waals surface area (Å²) in [6.45, 7) is 5.15. The Hall–Kier alpha value is -0.780. The topological polar surface area (TPSA) is 41.9 Å². The number of benzene rings is 1. The van der Waals surface area contributed by atoms with Gasteiger partial charge in [0.25, 0.3) is 0 Å².